The number of hydrogen-bond acceptors (Lipinski definition) is 4. The van der Waals surface area contributed by atoms with Crippen molar-refractivity contribution in [3.63, 3.8) is 0 Å². The molecule has 1 heterocycles. The van der Waals surface area contributed by atoms with Crippen LogP contribution in [0.25, 0.3) is 10.9 Å². The molecule has 1 amide bonds. The van der Waals surface area contributed by atoms with Crippen LogP contribution in [0.3, 0.4) is 0 Å². The highest BCUT2D eigenvalue weighted by Crippen LogP contribution is 2.12. The van der Waals surface area contributed by atoms with Crippen LogP contribution in [-0.4, -0.2) is 28.5 Å². The molecule has 5 nitrogen and oxygen atoms in total. The Morgan fingerprint density at radius 2 is 2.17 bits per heavy atom. The summed E-state index contributed by atoms with van der Waals surface area (Å²) in [7, 11) is 0. The van der Waals surface area contributed by atoms with E-state index in [1.54, 1.807) is 13.1 Å². The van der Waals surface area contributed by atoms with Crippen LogP contribution in [0.4, 0.5) is 5.95 Å². The minimum Gasteiger partial charge on any atom is -0.355 e. The van der Waals surface area contributed by atoms with E-state index in [0.717, 1.165) is 10.9 Å². The van der Waals surface area contributed by atoms with E-state index in [1.165, 1.54) is 0 Å². The molecule has 1 unspecified atom stereocenters. The van der Waals surface area contributed by atoms with E-state index in [2.05, 4.69) is 20.6 Å². The van der Waals surface area contributed by atoms with Crippen molar-refractivity contribution in [2.45, 2.75) is 19.9 Å². The molecule has 1 aromatic heterocycles. The molecule has 94 valence electrons. The predicted octanol–water partition coefficient (Wildman–Crippen LogP) is 1.57. The highest BCUT2D eigenvalue weighted by Gasteiger charge is 2.12. The summed E-state index contributed by atoms with van der Waals surface area (Å²) < 4.78 is 0. The SMILES string of the molecule is CCNC(=O)C(C)Nc1ncc2ccccc2n1. The Kier molecular flexibility index (Phi) is 3.72. The van der Waals surface area contributed by atoms with Crippen molar-refractivity contribution in [2.24, 2.45) is 0 Å². The largest absolute Gasteiger partial charge is 0.355 e. The van der Waals surface area contributed by atoms with Crippen molar-refractivity contribution in [1.29, 1.82) is 0 Å². The van der Waals surface area contributed by atoms with Gasteiger partial charge >= 0.3 is 0 Å². The lowest BCUT2D eigenvalue weighted by Gasteiger charge is -2.13. The Bertz CT molecular complexity index is 555. The number of benzene rings is 1. The lowest BCUT2D eigenvalue weighted by atomic mass is 10.2. The molecule has 18 heavy (non-hydrogen) atoms. The van der Waals surface area contributed by atoms with Gasteiger partial charge in [0.05, 0.1) is 5.52 Å². The van der Waals surface area contributed by atoms with Crippen molar-refractivity contribution in [1.82, 2.24) is 15.3 Å². The molecule has 2 aromatic rings. The number of anilines is 1. The van der Waals surface area contributed by atoms with Crippen molar-refractivity contribution in [3.8, 4) is 0 Å². The molecule has 2 N–H and O–H groups in total. The van der Waals surface area contributed by atoms with E-state index in [4.69, 9.17) is 0 Å². The zero-order valence-corrected chi connectivity index (χ0v) is 10.5. The summed E-state index contributed by atoms with van der Waals surface area (Å²) in [6.45, 7) is 4.28. The normalized spacial score (nSPS) is 12.1. The molecule has 0 bridgehead atoms. The number of nitrogens with one attached hydrogen (secondary N) is 2. The van der Waals surface area contributed by atoms with Crippen molar-refractivity contribution in [2.75, 3.05) is 11.9 Å². The third-order valence-corrected chi connectivity index (χ3v) is 2.58. The average molecular weight is 244 g/mol. The molecular weight excluding hydrogens is 228 g/mol. The van der Waals surface area contributed by atoms with E-state index >= 15 is 0 Å². The number of hydrogen-bond donors (Lipinski definition) is 2. The fourth-order valence-electron chi connectivity index (χ4n) is 1.63. The standard InChI is InChI=1S/C13H16N4O/c1-3-14-12(18)9(2)16-13-15-8-10-6-4-5-7-11(10)17-13/h4-9H,3H2,1-2H3,(H,14,18)(H,15,16,17). The number of amides is 1. The summed E-state index contributed by atoms with van der Waals surface area (Å²) in [4.78, 5) is 20.1. The maximum Gasteiger partial charge on any atom is 0.242 e. The highest BCUT2D eigenvalue weighted by molar-refractivity contribution is 5.84. The van der Waals surface area contributed by atoms with Gasteiger partial charge in [0.15, 0.2) is 0 Å². The zero-order valence-electron chi connectivity index (χ0n) is 10.5. The summed E-state index contributed by atoms with van der Waals surface area (Å²) in [5, 5.41) is 6.71. The van der Waals surface area contributed by atoms with Gasteiger partial charge in [0.2, 0.25) is 11.9 Å². The second-order valence-electron chi connectivity index (χ2n) is 4.01. The second kappa shape index (κ2) is 5.44. The summed E-state index contributed by atoms with van der Waals surface area (Å²) >= 11 is 0. The fraction of sp³-hybridized carbons (Fsp3) is 0.308. The van der Waals surface area contributed by atoms with Gasteiger partial charge in [-0.1, -0.05) is 18.2 Å². The van der Waals surface area contributed by atoms with Crippen LogP contribution in [-0.2, 0) is 4.79 Å². The predicted molar refractivity (Wildman–Crippen MR) is 71.3 cm³/mol. The van der Waals surface area contributed by atoms with Crippen LogP contribution in [0.1, 0.15) is 13.8 Å². The third kappa shape index (κ3) is 2.74. The molecule has 0 spiro atoms. The second-order valence-corrected chi connectivity index (χ2v) is 4.01. The van der Waals surface area contributed by atoms with Gasteiger partial charge in [-0.05, 0) is 19.9 Å². The fourth-order valence-corrected chi connectivity index (χ4v) is 1.63. The first kappa shape index (κ1) is 12.3. The summed E-state index contributed by atoms with van der Waals surface area (Å²) in [5.74, 6) is 0.404. The smallest absolute Gasteiger partial charge is 0.242 e. The maximum absolute atomic E-state index is 11.6. The Balaban J connectivity index is 2.14. The van der Waals surface area contributed by atoms with Gasteiger partial charge in [-0.25, -0.2) is 9.97 Å². The number of carbonyl (C=O) groups excluding carboxylic acids is 1. The van der Waals surface area contributed by atoms with Crippen molar-refractivity contribution >= 4 is 22.8 Å². The van der Waals surface area contributed by atoms with E-state index in [0.29, 0.717) is 12.5 Å². The van der Waals surface area contributed by atoms with Crippen LogP contribution < -0.4 is 10.6 Å². The van der Waals surface area contributed by atoms with Crippen LogP contribution in [0, 0.1) is 0 Å². The summed E-state index contributed by atoms with van der Waals surface area (Å²) in [5.41, 5.74) is 0.859. The molecule has 0 radical (unpaired) electrons. The van der Waals surface area contributed by atoms with Gasteiger partial charge in [-0.15, -0.1) is 0 Å². The molecule has 0 saturated heterocycles. The molecule has 0 saturated carbocycles. The molecule has 0 aliphatic heterocycles. The van der Waals surface area contributed by atoms with E-state index in [9.17, 15) is 4.79 Å². The Labute approximate surface area is 106 Å². The van der Waals surface area contributed by atoms with E-state index < -0.39 is 0 Å². The van der Waals surface area contributed by atoms with Gasteiger partial charge in [0.1, 0.15) is 6.04 Å². The molecule has 1 aromatic carbocycles. The number of rotatable bonds is 4. The number of likely N-dealkylation sites (N-methyl/N-ethyl adjacent to an activating group) is 1. The number of aromatic nitrogens is 2. The Morgan fingerprint density at radius 1 is 1.39 bits per heavy atom. The van der Waals surface area contributed by atoms with E-state index in [1.807, 2.05) is 31.2 Å². The maximum atomic E-state index is 11.6. The van der Waals surface area contributed by atoms with Crippen molar-refractivity contribution in [3.05, 3.63) is 30.5 Å². The number of carbonyl (C=O) groups is 1. The van der Waals surface area contributed by atoms with Crippen LogP contribution in [0.5, 0.6) is 0 Å². The van der Waals surface area contributed by atoms with E-state index in [-0.39, 0.29) is 11.9 Å². The lowest BCUT2D eigenvalue weighted by Crippen LogP contribution is -2.37. The summed E-state index contributed by atoms with van der Waals surface area (Å²) in [6.07, 6.45) is 1.75. The Hall–Kier alpha value is -2.17. The van der Waals surface area contributed by atoms with Crippen molar-refractivity contribution < 1.29 is 4.79 Å². The van der Waals surface area contributed by atoms with Gasteiger partial charge in [-0.3, -0.25) is 4.79 Å². The zero-order chi connectivity index (χ0) is 13.0. The molecule has 0 fully saturated rings. The first-order valence-corrected chi connectivity index (χ1v) is 5.96. The number of para-hydroxylation sites is 1. The highest BCUT2D eigenvalue weighted by atomic mass is 16.2. The van der Waals surface area contributed by atoms with Crippen LogP contribution in [0.15, 0.2) is 30.5 Å². The molecule has 0 aliphatic carbocycles. The first-order valence-electron chi connectivity index (χ1n) is 5.96. The molecule has 1 atom stereocenters. The molecule has 2 rings (SSSR count). The first-order chi connectivity index (χ1) is 8.70. The molecule has 5 heteroatoms. The van der Waals surface area contributed by atoms with Gasteiger partial charge in [-0.2, -0.15) is 0 Å². The quantitative estimate of drug-likeness (QED) is 0.856. The topological polar surface area (TPSA) is 66.9 Å². The minimum atomic E-state index is -0.355. The molecular formula is C13H16N4O. The van der Waals surface area contributed by atoms with Crippen LogP contribution in [0.2, 0.25) is 0 Å². The number of nitrogens with zero attached hydrogens (tertiary/aromatic N) is 2. The third-order valence-electron chi connectivity index (χ3n) is 2.58. The average Bonchev–Trinajstić information content (AvgIpc) is 2.39. The van der Waals surface area contributed by atoms with Gasteiger partial charge < -0.3 is 10.6 Å². The lowest BCUT2D eigenvalue weighted by molar-refractivity contribution is -0.121. The summed E-state index contributed by atoms with van der Waals surface area (Å²) in [6, 6.07) is 7.37. The van der Waals surface area contributed by atoms with Crippen LogP contribution >= 0.6 is 0 Å². The van der Waals surface area contributed by atoms with Gasteiger partial charge in [0, 0.05) is 18.1 Å². The monoisotopic (exact) mass is 244 g/mol. The molecule has 0 aliphatic rings. The Morgan fingerprint density at radius 3 is 2.94 bits per heavy atom. The van der Waals surface area contributed by atoms with Gasteiger partial charge in [0.25, 0.3) is 0 Å². The minimum absolute atomic E-state index is 0.0609. The number of fused-ring (bicyclic) bond motifs is 1.